The number of benzene rings is 1. The molecule has 6 heteroatoms. The molecular weight excluding hydrogens is 246 g/mol. The molecule has 6 nitrogen and oxygen atoms in total. The van der Waals surface area contributed by atoms with Gasteiger partial charge in [0.05, 0.1) is 11.0 Å². The maximum Gasteiger partial charge on any atom is 0.269 e. The molecular formula is C13H15N3O3. The van der Waals surface area contributed by atoms with E-state index in [-0.39, 0.29) is 12.3 Å². The van der Waals surface area contributed by atoms with E-state index in [1.807, 2.05) is 0 Å². The number of likely N-dealkylation sites (N-methyl/N-ethyl adjacent to an activating group) is 1. The van der Waals surface area contributed by atoms with Crippen molar-refractivity contribution in [3.05, 3.63) is 34.4 Å². The van der Waals surface area contributed by atoms with Crippen LogP contribution < -0.4 is 10.1 Å². The van der Waals surface area contributed by atoms with Crippen LogP contribution in [0, 0.1) is 27.4 Å². The van der Waals surface area contributed by atoms with Crippen LogP contribution in [-0.2, 0) is 0 Å². The summed E-state index contributed by atoms with van der Waals surface area (Å²) in [7, 11) is 1.75. The molecule has 19 heavy (non-hydrogen) atoms. The van der Waals surface area contributed by atoms with Crippen molar-refractivity contribution in [3.63, 3.8) is 0 Å². The zero-order chi connectivity index (χ0) is 13.9. The summed E-state index contributed by atoms with van der Waals surface area (Å²) in [6, 6.07) is 8.15. The lowest BCUT2D eigenvalue weighted by molar-refractivity contribution is -0.384. The number of nitro benzene ring substituents is 1. The van der Waals surface area contributed by atoms with Gasteiger partial charge in [0.1, 0.15) is 17.9 Å². The number of ether oxygens (including phenoxy) is 1. The first-order chi connectivity index (χ1) is 9.11. The van der Waals surface area contributed by atoms with Crippen molar-refractivity contribution in [1.82, 2.24) is 5.32 Å². The third kappa shape index (κ3) is 2.83. The van der Waals surface area contributed by atoms with Gasteiger partial charge in [-0.25, -0.2) is 0 Å². The predicted octanol–water partition coefficient (Wildman–Crippen LogP) is 1.87. The van der Waals surface area contributed by atoms with Gasteiger partial charge in [0, 0.05) is 12.1 Å². The van der Waals surface area contributed by atoms with Gasteiger partial charge in [-0.2, -0.15) is 5.26 Å². The summed E-state index contributed by atoms with van der Waals surface area (Å²) in [5.41, 5.74) is -0.642. The van der Waals surface area contributed by atoms with Crippen LogP contribution in [0.1, 0.15) is 12.8 Å². The number of nitrogens with one attached hydrogen (secondary N) is 1. The Morgan fingerprint density at radius 2 is 2.16 bits per heavy atom. The molecule has 1 N–H and O–H groups in total. The summed E-state index contributed by atoms with van der Waals surface area (Å²) in [6.45, 7) is 0.239. The minimum Gasteiger partial charge on any atom is -0.491 e. The molecule has 1 unspecified atom stereocenters. The number of rotatable bonds is 6. The Bertz CT molecular complexity index is 505. The van der Waals surface area contributed by atoms with Gasteiger partial charge in [-0.3, -0.25) is 15.4 Å². The highest BCUT2D eigenvalue weighted by atomic mass is 16.6. The smallest absolute Gasteiger partial charge is 0.269 e. The zero-order valence-corrected chi connectivity index (χ0v) is 10.6. The molecule has 0 bridgehead atoms. The molecule has 1 atom stereocenters. The second-order valence-electron chi connectivity index (χ2n) is 4.65. The Labute approximate surface area is 111 Å². The van der Waals surface area contributed by atoms with E-state index in [0.29, 0.717) is 11.7 Å². The van der Waals surface area contributed by atoms with Crippen LogP contribution in [0.15, 0.2) is 24.3 Å². The largest absolute Gasteiger partial charge is 0.491 e. The number of hydrogen-bond acceptors (Lipinski definition) is 5. The fourth-order valence-electron chi connectivity index (χ4n) is 2.01. The average molecular weight is 261 g/mol. The van der Waals surface area contributed by atoms with Gasteiger partial charge in [-0.05, 0) is 37.9 Å². The highest BCUT2D eigenvalue weighted by Crippen LogP contribution is 2.39. The van der Waals surface area contributed by atoms with E-state index in [1.165, 1.54) is 12.1 Å². The predicted molar refractivity (Wildman–Crippen MR) is 68.7 cm³/mol. The highest BCUT2D eigenvalue weighted by Gasteiger charge is 2.45. The van der Waals surface area contributed by atoms with E-state index >= 15 is 0 Å². The second kappa shape index (κ2) is 5.24. The zero-order valence-electron chi connectivity index (χ0n) is 10.6. The summed E-state index contributed by atoms with van der Waals surface area (Å²) in [6.07, 6.45) is 2.05. The van der Waals surface area contributed by atoms with Crippen LogP contribution in [0.3, 0.4) is 0 Å². The average Bonchev–Trinajstić information content (AvgIpc) is 3.26. The maximum atomic E-state index is 10.5. The molecule has 0 aliphatic heterocycles. The lowest BCUT2D eigenvalue weighted by Crippen LogP contribution is -2.49. The number of nitro groups is 1. The fourth-order valence-corrected chi connectivity index (χ4v) is 2.01. The first kappa shape index (κ1) is 13.3. The van der Waals surface area contributed by atoms with Crippen molar-refractivity contribution < 1.29 is 9.66 Å². The topological polar surface area (TPSA) is 88.2 Å². The van der Waals surface area contributed by atoms with Crippen molar-refractivity contribution in [3.8, 4) is 11.8 Å². The molecule has 2 rings (SSSR count). The van der Waals surface area contributed by atoms with Crippen molar-refractivity contribution in [2.24, 2.45) is 5.92 Å². The van der Waals surface area contributed by atoms with Crippen LogP contribution in [0.2, 0.25) is 0 Å². The van der Waals surface area contributed by atoms with Crippen molar-refractivity contribution >= 4 is 5.69 Å². The van der Waals surface area contributed by atoms with Crippen molar-refractivity contribution in [2.45, 2.75) is 18.4 Å². The second-order valence-corrected chi connectivity index (χ2v) is 4.65. The van der Waals surface area contributed by atoms with Gasteiger partial charge in [-0.15, -0.1) is 0 Å². The Kier molecular flexibility index (Phi) is 3.67. The van der Waals surface area contributed by atoms with Gasteiger partial charge in [-0.1, -0.05) is 0 Å². The third-order valence-electron chi connectivity index (χ3n) is 3.43. The van der Waals surface area contributed by atoms with E-state index in [4.69, 9.17) is 4.74 Å². The van der Waals surface area contributed by atoms with Crippen molar-refractivity contribution in [1.29, 1.82) is 5.26 Å². The highest BCUT2D eigenvalue weighted by molar-refractivity contribution is 5.36. The minimum absolute atomic E-state index is 0.0229. The Balaban J connectivity index is 2.01. The van der Waals surface area contributed by atoms with E-state index in [9.17, 15) is 15.4 Å². The number of hydrogen-bond donors (Lipinski definition) is 1. The van der Waals surface area contributed by atoms with Gasteiger partial charge in [0.15, 0.2) is 0 Å². The number of non-ortho nitro benzene ring substituents is 1. The summed E-state index contributed by atoms with van der Waals surface area (Å²) in [5.74, 6) is 0.849. The van der Waals surface area contributed by atoms with Crippen LogP contribution in [0.4, 0.5) is 5.69 Å². The van der Waals surface area contributed by atoms with E-state index in [1.54, 1.807) is 19.2 Å². The monoisotopic (exact) mass is 261 g/mol. The van der Waals surface area contributed by atoms with Crippen molar-refractivity contribution in [2.75, 3.05) is 13.7 Å². The van der Waals surface area contributed by atoms with E-state index in [0.717, 1.165) is 12.8 Å². The van der Waals surface area contributed by atoms with Gasteiger partial charge >= 0.3 is 0 Å². The lowest BCUT2D eigenvalue weighted by Gasteiger charge is -2.25. The van der Waals surface area contributed by atoms with Gasteiger partial charge in [0.2, 0.25) is 0 Å². The molecule has 0 radical (unpaired) electrons. The van der Waals surface area contributed by atoms with Crippen LogP contribution >= 0.6 is 0 Å². The molecule has 1 aromatic carbocycles. The maximum absolute atomic E-state index is 10.5. The SMILES string of the molecule is CNC(C#N)(COc1ccc([N+](=O)[O-])cc1)C1CC1. The summed E-state index contributed by atoms with van der Waals surface area (Å²) in [4.78, 5) is 10.1. The fraction of sp³-hybridized carbons (Fsp3) is 0.462. The first-order valence-corrected chi connectivity index (χ1v) is 6.09. The molecule has 0 spiro atoms. The quantitative estimate of drug-likeness (QED) is 0.623. The summed E-state index contributed by atoms with van der Waals surface area (Å²) in [5, 5.41) is 22.9. The molecule has 0 aromatic heterocycles. The molecule has 1 aromatic rings. The molecule has 1 saturated carbocycles. The molecule has 1 fully saturated rings. The number of nitrogens with zero attached hydrogens (tertiary/aromatic N) is 2. The first-order valence-electron chi connectivity index (χ1n) is 6.09. The lowest BCUT2D eigenvalue weighted by atomic mass is 9.96. The van der Waals surface area contributed by atoms with E-state index < -0.39 is 10.5 Å². The standard InChI is InChI=1S/C13H15N3O3/c1-15-13(8-14,10-2-3-10)9-19-12-6-4-11(5-7-12)16(17)18/h4-7,10,15H,2-3,9H2,1H3. The minimum atomic E-state index is -0.665. The van der Waals surface area contributed by atoms with Crippen LogP contribution in [0.25, 0.3) is 0 Å². The normalized spacial score (nSPS) is 17.3. The van der Waals surface area contributed by atoms with E-state index in [2.05, 4.69) is 11.4 Å². The summed E-state index contributed by atoms with van der Waals surface area (Å²) < 4.78 is 5.58. The van der Waals surface area contributed by atoms with Crippen LogP contribution in [0.5, 0.6) is 5.75 Å². The Morgan fingerprint density at radius 3 is 2.58 bits per heavy atom. The Hall–Kier alpha value is -2.13. The molecule has 1 aliphatic rings. The molecule has 1 aliphatic carbocycles. The summed E-state index contributed by atoms with van der Waals surface area (Å²) >= 11 is 0. The van der Waals surface area contributed by atoms with Gasteiger partial charge < -0.3 is 4.74 Å². The number of nitriles is 1. The molecule has 0 heterocycles. The Morgan fingerprint density at radius 1 is 1.53 bits per heavy atom. The van der Waals surface area contributed by atoms with Crippen LogP contribution in [-0.4, -0.2) is 24.1 Å². The third-order valence-corrected chi connectivity index (χ3v) is 3.43. The molecule has 0 saturated heterocycles. The molecule has 0 amide bonds. The molecule has 100 valence electrons. The van der Waals surface area contributed by atoms with Gasteiger partial charge in [0.25, 0.3) is 5.69 Å².